The summed E-state index contributed by atoms with van der Waals surface area (Å²) in [4.78, 5) is 30.1. The van der Waals surface area contributed by atoms with E-state index in [1.54, 1.807) is 6.26 Å². The van der Waals surface area contributed by atoms with E-state index in [0.29, 0.717) is 24.6 Å². The smallest absolute Gasteiger partial charge is 0.324 e. The van der Waals surface area contributed by atoms with Crippen molar-refractivity contribution in [1.29, 1.82) is 0 Å². The molecule has 0 aliphatic heterocycles. The maximum atomic E-state index is 10.4. The van der Waals surface area contributed by atoms with Crippen molar-refractivity contribution >= 4 is 22.7 Å². The molecule has 1 aromatic heterocycles. The number of rotatable bonds is 8. The van der Waals surface area contributed by atoms with E-state index in [-0.39, 0.29) is 6.04 Å². The van der Waals surface area contributed by atoms with Crippen molar-refractivity contribution in [3.63, 3.8) is 0 Å². The van der Waals surface area contributed by atoms with Crippen LogP contribution in [0, 0.1) is 55.0 Å². The highest BCUT2D eigenvalue weighted by atomic mass is 16.6. The zero-order valence-electron chi connectivity index (χ0n) is 23.0. The van der Waals surface area contributed by atoms with E-state index >= 15 is 0 Å². The van der Waals surface area contributed by atoms with Crippen LogP contribution < -0.4 is 4.90 Å². The molecule has 1 unspecified atom stereocenters. The molecule has 1 N–H and O–H groups in total. The van der Waals surface area contributed by atoms with Crippen LogP contribution in [-0.4, -0.2) is 25.9 Å². The predicted octanol–water partition coefficient (Wildman–Crippen LogP) is 6.79. The summed E-state index contributed by atoms with van der Waals surface area (Å²) in [5.41, 5.74) is 0.453. The van der Waals surface area contributed by atoms with Crippen LogP contribution in [0.4, 0.5) is 22.7 Å². The Morgan fingerprint density at radius 1 is 0.857 bits per heavy atom. The molecule has 0 saturated carbocycles. The highest BCUT2D eigenvalue weighted by Gasteiger charge is 2.30. The van der Waals surface area contributed by atoms with Gasteiger partial charge < -0.3 is 14.4 Å². The standard InChI is InChI=1S/C24H25NO.C6H3N3O7/c1-19(2)24(16-13-21-8-5-4-6-9-21)25(18-23-10-7-17-26-23)22-14-11-20(3)12-15-22;10-6-4(8(13)14)1-3(7(11)12)2-5(6)9(15)16/h4-12,14-15,17,19,24H,18H2,1-3H3;1-2,10H. The molecule has 0 radical (unpaired) electrons. The Morgan fingerprint density at radius 2 is 1.45 bits per heavy atom. The molecule has 3 aromatic carbocycles. The number of anilines is 1. The molecule has 12 nitrogen and oxygen atoms in total. The second-order valence-corrected chi connectivity index (χ2v) is 9.47. The summed E-state index contributed by atoms with van der Waals surface area (Å²) < 4.78 is 5.61. The molecule has 1 atom stereocenters. The van der Waals surface area contributed by atoms with Crippen LogP contribution >= 0.6 is 0 Å². The molecular formula is C30H28N4O8. The molecule has 1 heterocycles. The fourth-order valence-electron chi connectivity index (χ4n) is 3.91. The SMILES string of the molecule is Cc1ccc(N(Cc2ccco2)C(C#Cc2ccccc2)C(C)C)cc1.O=[N+]([O-])c1cc([N+](=O)[O-])c(O)c([N+](=O)[O-])c1. The average Bonchev–Trinajstić information content (AvgIpc) is 3.47. The Balaban J connectivity index is 0.000000260. The molecule has 4 aromatic rings. The molecule has 0 spiro atoms. The van der Waals surface area contributed by atoms with Gasteiger partial charge in [0.1, 0.15) is 5.76 Å². The van der Waals surface area contributed by atoms with Gasteiger partial charge in [-0.05, 0) is 49.2 Å². The molecule has 216 valence electrons. The summed E-state index contributed by atoms with van der Waals surface area (Å²) in [6.45, 7) is 7.24. The van der Waals surface area contributed by atoms with Gasteiger partial charge in [-0.15, -0.1) is 0 Å². The monoisotopic (exact) mass is 572 g/mol. The number of non-ortho nitro benzene ring substituents is 1. The molecule has 0 amide bonds. The quantitative estimate of drug-likeness (QED) is 0.136. The average molecular weight is 573 g/mol. The highest BCUT2D eigenvalue weighted by molar-refractivity contribution is 5.64. The topological polar surface area (TPSA) is 166 Å². The Labute approximate surface area is 241 Å². The molecular weight excluding hydrogens is 544 g/mol. The van der Waals surface area contributed by atoms with E-state index in [9.17, 15) is 30.3 Å². The van der Waals surface area contributed by atoms with Crippen molar-refractivity contribution in [2.75, 3.05) is 4.90 Å². The van der Waals surface area contributed by atoms with Gasteiger partial charge >= 0.3 is 11.4 Å². The van der Waals surface area contributed by atoms with Crippen LogP contribution in [0.5, 0.6) is 5.75 Å². The van der Waals surface area contributed by atoms with Gasteiger partial charge in [0.05, 0.1) is 45.8 Å². The minimum Gasteiger partial charge on any atom is -0.497 e. The summed E-state index contributed by atoms with van der Waals surface area (Å²) in [5.74, 6) is 6.95. The number of aryl methyl sites for hydroxylation is 1. The zero-order valence-corrected chi connectivity index (χ0v) is 23.0. The number of nitro benzene ring substituents is 3. The molecule has 0 saturated heterocycles. The number of nitro groups is 3. The minimum atomic E-state index is -1.21. The second-order valence-electron chi connectivity index (χ2n) is 9.47. The van der Waals surface area contributed by atoms with E-state index in [0.717, 1.165) is 17.0 Å². The Bertz CT molecular complexity index is 1560. The summed E-state index contributed by atoms with van der Waals surface area (Å²) in [6, 6.07) is 23.7. The van der Waals surface area contributed by atoms with Gasteiger partial charge in [-0.1, -0.05) is 61.6 Å². The maximum absolute atomic E-state index is 10.4. The van der Waals surface area contributed by atoms with Crippen molar-refractivity contribution < 1.29 is 24.3 Å². The van der Waals surface area contributed by atoms with Gasteiger partial charge in [-0.2, -0.15) is 0 Å². The largest absolute Gasteiger partial charge is 0.497 e. The molecule has 0 aliphatic carbocycles. The minimum absolute atomic E-state index is 0.0861. The normalized spacial score (nSPS) is 11.0. The molecule has 42 heavy (non-hydrogen) atoms. The summed E-state index contributed by atoms with van der Waals surface area (Å²) in [6.07, 6.45) is 1.72. The van der Waals surface area contributed by atoms with Crippen molar-refractivity contribution in [2.24, 2.45) is 5.92 Å². The lowest BCUT2D eigenvalue weighted by Gasteiger charge is -2.32. The maximum Gasteiger partial charge on any atom is 0.324 e. The third-order valence-electron chi connectivity index (χ3n) is 6.04. The Kier molecular flexibility index (Phi) is 10.3. The Hall–Kier alpha value is -5.70. The molecule has 0 bridgehead atoms. The van der Waals surface area contributed by atoms with Gasteiger partial charge in [0.2, 0.25) is 0 Å². The van der Waals surface area contributed by atoms with Crippen LogP contribution in [0.15, 0.2) is 89.5 Å². The van der Waals surface area contributed by atoms with E-state index in [4.69, 9.17) is 9.52 Å². The van der Waals surface area contributed by atoms with Gasteiger partial charge in [0.25, 0.3) is 11.4 Å². The summed E-state index contributed by atoms with van der Waals surface area (Å²) in [5, 5.41) is 40.2. The van der Waals surface area contributed by atoms with Crippen molar-refractivity contribution in [3.05, 3.63) is 132 Å². The first-order valence-corrected chi connectivity index (χ1v) is 12.7. The fraction of sp³-hybridized carbons (Fsp3) is 0.200. The van der Waals surface area contributed by atoms with Crippen LogP contribution in [0.1, 0.15) is 30.7 Å². The molecule has 0 aliphatic rings. The van der Waals surface area contributed by atoms with Gasteiger partial charge in [0, 0.05) is 11.3 Å². The summed E-state index contributed by atoms with van der Waals surface area (Å²) in [7, 11) is 0. The van der Waals surface area contributed by atoms with Crippen LogP contribution in [0.25, 0.3) is 0 Å². The molecule has 0 fully saturated rings. The van der Waals surface area contributed by atoms with Crippen molar-refractivity contribution in [1.82, 2.24) is 0 Å². The molecule has 12 heteroatoms. The predicted molar refractivity (Wildman–Crippen MR) is 156 cm³/mol. The number of aromatic hydroxyl groups is 1. The highest BCUT2D eigenvalue weighted by Crippen LogP contribution is 2.39. The lowest BCUT2D eigenvalue weighted by atomic mass is 10.0. The third kappa shape index (κ3) is 8.15. The molecule has 4 rings (SSSR count). The number of hydrogen-bond donors (Lipinski definition) is 1. The number of benzene rings is 3. The first-order chi connectivity index (χ1) is 20.0. The lowest BCUT2D eigenvalue weighted by molar-refractivity contribution is -0.404. The van der Waals surface area contributed by atoms with E-state index in [1.807, 2.05) is 42.5 Å². The first-order valence-electron chi connectivity index (χ1n) is 12.7. The number of furan rings is 1. The van der Waals surface area contributed by atoms with Gasteiger partial charge in [0.15, 0.2) is 0 Å². The fourth-order valence-corrected chi connectivity index (χ4v) is 3.91. The second kappa shape index (κ2) is 14.1. The summed E-state index contributed by atoms with van der Waals surface area (Å²) >= 11 is 0. The third-order valence-corrected chi connectivity index (χ3v) is 6.04. The van der Waals surface area contributed by atoms with Crippen molar-refractivity contribution in [2.45, 2.75) is 33.4 Å². The van der Waals surface area contributed by atoms with E-state index < -0.39 is 37.6 Å². The zero-order chi connectivity index (χ0) is 30.8. The van der Waals surface area contributed by atoms with Crippen LogP contribution in [-0.2, 0) is 6.54 Å². The number of nitrogens with zero attached hydrogens (tertiary/aromatic N) is 4. The van der Waals surface area contributed by atoms with Gasteiger partial charge in [-0.25, -0.2) is 0 Å². The van der Waals surface area contributed by atoms with E-state index in [1.165, 1.54) is 5.56 Å². The number of phenols is 1. The van der Waals surface area contributed by atoms with Crippen LogP contribution in [0.3, 0.4) is 0 Å². The lowest BCUT2D eigenvalue weighted by Crippen LogP contribution is -2.37. The van der Waals surface area contributed by atoms with Crippen molar-refractivity contribution in [3.8, 4) is 17.6 Å². The first kappa shape index (κ1) is 30.8. The number of phenolic OH excluding ortho intramolecular Hbond substituents is 1. The number of hydrogen-bond acceptors (Lipinski definition) is 9. The Morgan fingerprint density at radius 3 is 1.93 bits per heavy atom. The van der Waals surface area contributed by atoms with E-state index in [2.05, 4.69) is 61.8 Å². The van der Waals surface area contributed by atoms with Crippen LogP contribution in [0.2, 0.25) is 0 Å². The van der Waals surface area contributed by atoms with Gasteiger partial charge in [-0.3, -0.25) is 30.3 Å².